The Morgan fingerprint density at radius 3 is 1.62 bits per heavy atom. The van der Waals surface area contributed by atoms with Crippen molar-refractivity contribution in [2.75, 3.05) is 0 Å². The minimum Gasteiger partial charge on any atom is -0.458 e. The molecule has 1 N–H and O–H groups in total. The van der Waals surface area contributed by atoms with E-state index >= 15 is 0 Å². The van der Waals surface area contributed by atoms with Crippen molar-refractivity contribution in [1.29, 1.82) is 0 Å². The summed E-state index contributed by atoms with van der Waals surface area (Å²) in [4.78, 5) is 25.4. The number of unbranched alkanes of at least 4 members (excludes halogenated alkanes) is 13. The van der Waals surface area contributed by atoms with E-state index in [-0.39, 0.29) is 11.9 Å². The predicted octanol–water partition coefficient (Wildman–Crippen LogP) is 10.1. The summed E-state index contributed by atoms with van der Waals surface area (Å²) >= 11 is 0. The van der Waals surface area contributed by atoms with Crippen molar-refractivity contribution >= 4 is 11.9 Å². The van der Waals surface area contributed by atoms with Crippen molar-refractivity contribution in [1.82, 2.24) is 5.32 Å². The number of rotatable bonds is 22. The third-order valence-corrected chi connectivity index (χ3v) is 7.41. The molecule has 0 saturated heterocycles. The molecule has 0 heterocycles. The molecule has 1 rings (SSSR count). The second-order valence-electron chi connectivity index (χ2n) is 14.0. The fourth-order valence-corrected chi connectivity index (χ4v) is 5.11. The molecule has 0 saturated carbocycles. The van der Waals surface area contributed by atoms with E-state index in [1.165, 1.54) is 89.0 Å². The van der Waals surface area contributed by atoms with Crippen LogP contribution in [0.1, 0.15) is 163 Å². The molecule has 1 aromatic carbocycles. The monoisotopic (exact) mass is 557 g/mol. The SMILES string of the molecule is CC(C)(C)CCCCCCCCCCCCCCCCC(=O)NC(CCCc1ccccc1)C(=O)OC(C)(C)C. The number of hydrogen-bond acceptors (Lipinski definition) is 3. The summed E-state index contributed by atoms with van der Waals surface area (Å²) in [5, 5.41) is 2.97. The highest BCUT2D eigenvalue weighted by atomic mass is 16.6. The Labute approximate surface area is 247 Å². The van der Waals surface area contributed by atoms with Crippen LogP contribution in [0.3, 0.4) is 0 Å². The Kier molecular flexibility index (Phi) is 19.0. The van der Waals surface area contributed by atoms with Crippen LogP contribution in [0.15, 0.2) is 30.3 Å². The molecule has 1 unspecified atom stereocenters. The van der Waals surface area contributed by atoms with Crippen molar-refractivity contribution < 1.29 is 14.3 Å². The fourth-order valence-electron chi connectivity index (χ4n) is 5.11. The average molecular weight is 558 g/mol. The predicted molar refractivity (Wildman–Crippen MR) is 170 cm³/mol. The first-order valence-corrected chi connectivity index (χ1v) is 16.5. The van der Waals surface area contributed by atoms with Crippen molar-refractivity contribution in [3.05, 3.63) is 35.9 Å². The van der Waals surface area contributed by atoms with Gasteiger partial charge < -0.3 is 10.1 Å². The lowest BCUT2D eigenvalue weighted by Crippen LogP contribution is -2.44. The number of aryl methyl sites for hydroxylation is 1. The highest BCUT2D eigenvalue weighted by molar-refractivity contribution is 5.84. The minimum atomic E-state index is -0.580. The fraction of sp³-hybridized carbons (Fsp3) is 0.778. The van der Waals surface area contributed by atoms with Crippen molar-refractivity contribution in [2.24, 2.45) is 5.41 Å². The largest absolute Gasteiger partial charge is 0.458 e. The zero-order chi connectivity index (χ0) is 29.7. The molecule has 0 radical (unpaired) electrons. The molecular formula is C36H63NO3. The maximum absolute atomic E-state index is 12.7. The number of carbonyl (C=O) groups excluding carboxylic acids is 2. The molecule has 1 atom stereocenters. The van der Waals surface area contributed by atoms with Gasteiger partial charge >= 0.3 is 5.97 Å². The summed E-state index contributed by atoms with van der Waals surface area (Å²) in [6, 6.07) is 9.68. The van der Waals surface area contributed by atoms with Crippen LogP contribution in [0, 0.1) is 5.41 Å². The third-order valence-electron chi connectivity index (χ3n) is 7.41. The van der Waals surface area contributed by atoms with E-state index in [1.807, 2.05) is 39.0 Å². The van der Waals surface area contributed by atoms with Gasteiger partial charge in [0, 0.05) is 6.42 Å². The van der Waals surface area contributed by atoms with Gasteiger partial charge in [0.2, 0.25) is 5.91 Å². The number of nitrogens with one attached hydrogen (secondary N) is 1. The van der Waals surface area contributed by atoms with Gasteiger partial charge in [0.25, 0.3) is 0 Å². The van der Waals surface area contributed by atoms with Crippen LogP contribution in [0.4, 0.5) is 0 Å². The number of ether oxygens (including phenoxy) is 1. The third kappa shape index (κ3) is 21.9. The number of carbonyl (C=O) groups is 2. The number of esters is 1. The first kappa shape index (κ1) is 36.2. The van der Waals surface area contributed by atoms with Crippen LogP contribution in [-0.4, -0.2) is 23.5 Å². The lowest BCUT2D eigenvalue weighted by atomic mass is 9.89. The summed E-state index contributed by atoms with van der Waals surface area (Å²) < 4.78 is 5.59. The van der Waals surface area contributed by atoms with E-state index in [9.17, 15) is 9.59 Å². The van der Waals surface area contributed by atoms with E-state index in [4.69, 9.17) is 4.74 Å². The molecule has 4 nitrogen and oxygen atoms in total. The van der Waals surface area contributed by atoms with Crippen LogP contribution in [0.5, 0.6) is 0 Å². The Bertz CT molecular complexity index is 775. The summed E-state index contributed by atoms with van der Waals surface area (Å²) in [6.07, 6.45) is 22.3. The standard InChI is InChI=1S/C36H63NO3/c1-35(2,3)30-23-18-16-14-12-10-8-7-9-11-13-15-17-22-29-33(38)37-32(34(39)40-36(4,5)6)28-24-27-31-25-20-19-21-26-31/h19-21,25-26,32H,7-18,22-24,27-30H2,1-6H3,(H,37,38). The zero-order valence-electron chi connectivity index (χ0n) is 27.1. The molecular weight excluding hydrogens is 494 g/mol. The van der Waals surface area contributed by atoms with Gasteiger partial charge in [-0.25, -0.2) is 4.79 Å². The maximum atomic E-state index is 12.7. The smallest absolute Gasteiger partial charge is 0.329 e. The zero-order valence-corrected chi connectivity index (χ0v) is 27.1. The Morgan fingerprint density at radius 1 is 0.675 bits per heavy atom. The minimum absolute atomic E-state index is 0.0372. The van der Waals surface area contributed by atoms with Gasteiger partial charge in [-0.1, -0.05) is 135 Å². The molecule has 0 aliphatic carbocycles. The Hall–Kier alpha value is -1.84. The molecule has 0 bridgehead atoms. The lowest BCUT2D eigenvalue weighted by molar-refractivity contribution is -0.158. The van der Waals surface area contributed by atoms with E-state index < -0.39 is 11.6 Å². The van der Waals surface area contributed by atoms with E-state index in [2.05, 4.69) is 38.2 Å². The summed E-state index contributed by atoms with van der Waals surface area (Å²) in [7, 11) is 0. The first-order chi connectivity index (χ1) is 19.0. The molecule has 0 spiro atoms. The maximum Gasteiger partial charge on any atom is 0.329 e. The molecule has 40 heavy (non-hydrogen) atoms. The lowest BCUT2D eigenvalue weighted by Gasteiger charge is -2.24. The van der Waals surface area contributed by atoms with Crippen molar-refractivity contribution in [2.45, 2.75) is 175 Å². The van der Waals surface area contributed by atoms with Gasteiger partial charge in [0.05, 0.1) is 0 Å². The van der Waals surface area contributed by atoms with Crippen LogP contribution in [0.2, 0.25) is 0 Å². The van der Waals surface area contributed by atoms with Gasteiger partial charge in [-0.3, -0.25) is 4.79 Å². The number of hydrogen-bond donors (Lipinski definition) is 1. The van der Waals surface area contributed by atoms with E-state index in [0.29, 0.717) is 18.3 Å². The normalized spacial score (nSPS) is 12.8. The number of amides is 1. The van der Waals surface area contributed by atoms with Crippen LogP contribution in [-0.2, 0) is 20.7 Å². The molecule has 0 aromatic heterocycles. The Balaban J connectivity index is 2.09. The van der Waals surface area contributed by atoms with E-state index in [1.54, 1.807) is 0 Å². The molecule has 0 aliphatic heterocycles. The first-order valence-electron chi connectivity index (χ1n) is 16.5. The molecule has 0 fully saturated rings. The molecule has 230 valence electrons. The highest BCUT2D eigenvalue weighted by Crippen LogP contribution is 2.23. The summed E-state index contributed by atoms with van der Waals surface area (Å²) in [6.45, 7) is 12.6. The number of benzene rings is 1. The van der Waals surface area contributed by atoms with Crippen LogP contribution in [0.25, 0.3) is 0 Å². The van der Waals surface area contributed by atoms with Gasteiger partial charge in [0.1, 0.15) is 11.6 Å². The quantitative estimate of drug-likeness (QED) is 0.114. The van der Waals surface area contributed by atoms with Gasteiger partial charge in [-0.2, -0.15) is 0 Å². The van der Waals surface area contributed by atoms with E-state index in [0.717, 1.165) is 25.7 Å². The Morgan fingerprint density at radius 2 is 1.15 bits per heavy atom. The summed E-state index contributed by atoms with van der Waals surface area (Å²) in [5.41, 5.74) is 1.17. The highest BCUT2D eigenvalue weighted by Gasteiger charge is 2.26. The average Bonchev–Trinajstić information content (AvgIpc) is 2.86. The van der Waals surface area contributed by atoms with Gasteiger partial charge in [-0.05, 0) is 63.9 Å². The molecule has 1 aromatic rings. The second-order valence-corrected chi connectivity index (χ2v) is 14.0. The molecule has 0 aliphatic rings. The van der Waals surface area contributed by atoms with Gasteiger partial charge in [0.15, 0.2) is 0 Å². The molecule has 1 amide bonds. The summed E-state index contributed by atoms with van der Waals surface area (Å²) in [5.74, 6) is -0.366. The van der Waals surface area contributed by atoms with Gasteiger partial charge in [-0.15, -0.1) is 0 Å². The van der Waals surface area contributed by atoms with Crippen molar-refractivity contribution in [3.8, 4) is 0 Å². The topological polar surface area (TPSA) is 55.4 Å². The second kappa shape index (κ2) is 20.9. The van der Waals surface area contributed by atoms with Crippen molar-refractivity contribution in [3.63, 3.8) is 0 Å². The van der Waals surface area contributed by atoms with Crippen LogP contribution >= 0.6 is 0 Å². The van der Waals surface area contributed by atoms with Crippen LogP contribution < -0.4 is 5.32 Å². The molecule has 4 heteroatoms.